The van der Waals surface area contributed by atoms with Gasteiger partial charge in [0.05, 0.1) is 7.11 Å². The van der Waals surface area contributed by atoms with Gasteiger partial charge in [-0.25, -0.2) is 0 Å². The summed E-state index contributed by atoms with van der Waals surface area (Å²) in [5.74, 6) is 2.12. The molecule has 2 aromatic heterocycles. The minimum absolute atomic E-state index is 0.0571. The Morgan fingerprint density at radius 2 is 2.08 bits per heavy atom. The van der Waals surface area contributed by atoms with Crippen molar-refractivity contribution < 1.29 is 13.9 Å². The monoisotopic (exact) mass is 337 g/mol. The normalized spacial score (nSPS) is 13.9. The molecule has 0 amide bonds. The van der Waals surface area contributed by atoms with Crippen molar-refractivity contribution in [3.63, 3.8) is 0 Å². The zero-order chi connectivity index (χ0) is 17.6. The van der Waals surface area contributed by atoms with Gasteiger partial charge in [0.1, 0.15) is 11.4 Å². The number of nitrogens with one attached hydrogen (secondary N) is 1. The number of hydrogen-bond donors (Lipinski definition) is 1. The van der Waals surface area contributed by atoms with E-state index in [1.165, 1.54) is 0 Å². The van der Waals surface area contributed by atoms with Gasteiger partial charge in [-0.1, -0.05) is 12.1 Å². The van der Waals surface area contributed by atoms with Crippen LogP contribution in [0.3, 0.4) is 0 Å². The van der Waals surface area contributed by atoms with Crippen LogP contribution in [0, 0.1) is 13.8 Å². The number of methoxy groups -OCH3 is 1. The molecule has 1 aromatic carbocycles. The fourth-order valence-corrected chi connectivity index (χ4v) is 3.04. The fourth-order valence-electron chi connectivity index (χ4n) is 3.04. The average molecular weight is 337 g/mol. The van der Waals surface area contributed by atoms with E-state index in [-0.39, 0.29) is 5.78 Å². The van der Waals surface area contributed by atoms with Gasteiger partial charge in [0.25, 0.3) is 5.89 Å². The predicted octanol–water partition coefficient (Wildman–Crippen LogP) is 3.80. The molecule has 6 nitrogen and oxygen atoms in total. The number of ketones is 1. The maximum atomic E-state index is 13.0. The van der Waals surface area contributed by atoms with Gasteiger partial charge in [-0.3, -0.25) is 4.79 Å². The van der Waals surface area contributed by atoms with Gasteiger partial charge in [0.2, 0.25) is 5.89 Å². The van der Waals surface area contributed by atoms with Crippen molar-refractivity contribution in [3.8, 4) is 17.3 Å². The Hall–Kier alpha value is -2.89. The van der Waals surface area contributed by atoms with Gasteiger partial charge >= 0.3 is 0 Å². The number of rotatable bonds is 5. The van der Waals surface area contributed by atoms with Crippen LogP contribution in [-0.4, -0.2) is 28.1 Å². The van der Waals surface area contributed by atoms with E-state index in [2.05, 4.69) is 15.2 Å². The number of aromatic nitrogens is 3. The first-order chi connectivity index (χ1) is 12.1. The van der Waals surface area contributed by atoms with Crippen LogP contribution in [0.4, 0.5) is 0 Å². The van der Waals surface area contributed by atoms with E-state index in [1.807, 2.05) is 26.0 Å². The first kappa shape index (κ1) is 15.6. The number of carbonyl (C=O) groups excluding carboxylic acids is 1. The first-order valence-electron chi connectivity index (χ1n) is 8.30. The topological polar surface area (TPSA) is 81.0 Å². The minimum Gasteiger partial charge on any atom is -0.497 e. The Kier molecular flexibility index (Phi) is 3.67. The summed E-state index contributed by atoms with van der Waals surface area (Å²) in [6, 6.07) is 7.15. The van der Waals surface area contributed by atoms with Crippen molar-refractivity contribution in [1.29, 1.82) is 0 Å². The lowest BCUT2D eigenvalue weighted by Crippen LogP contribution is -2.04. The molecule has 1 aliphatic carbocycles. The van der Waals surface area contributed by atoms with Crippen LogP contribution in [-0.2, 0) is 0 Å². The summed E-state index contributed by atoms with van der Waals surface area (Å²) in [5.41, 5.74) is 3.53. The van der Waals surface area contributed by atoms with Crippen molar-refractivity contribution in [2.45, 2.75) is 32.6 Å². The van der Waals surface area contributed by atoms with Crippen molar-refractivity contribution in [2.24, 2.45) is 0 Å². The quantitative estimate of drug-likeness (QED) is 0.716. The van der Waals surface area contributed by atoms with Crippen molar-refractivity contribution >= 4 is 5.78 Å². The van der Waals surface area contributed by atoms with Crippen LogP contribution < -0.4 is 4.74 Å². The third-order valence-corrected chi connectivity index (χ3v) is 4.58. The smallest absolute Gasteiger partial charge is 0.264 e. The predicted molar refractivity (Wildman–Crippen MR) is 92.0 cm³/mol. The van der Waals surface area contributed by atoms with E-state index < -0.39 is 0 Å². The Morgan fingerprint density at radius 1 is 1.28 bits per heavy atom. The highest BCUT2D eigenvalue weighted by atomic mass is 16.5. The molecule has 3 aromatic rings. The maximum Gasteiger partial charge on any atom is 0.264 e. The van der Waals surface area contributed by atoms with Gasteiger partial charge in [-0.2, -0.15) is 0 Å². The van der Waals surface area contributed by atoms with E-state index in [9.17, 15) is 4.79 Å². The molecule has 25 heavy (non-hydrogen) atoms. The van der Waals surface area contributed by atoms with Crippen LogP contribution in [0.2, 0.25) is 0 Å². The summed E-state index contributed by atoms with van der Waals surface area (Å²) in [6.07, 6.45) is 2.20. The third-order valence-electron chi connectivity index (χ3n) is 4.58. The first-order valence-corrected chi connectivity index (χ1v) is 8.30. The number of ether oxygens (including phenoxy) is 1. The lowest BCUT2D eigenvalue weighted by molar-refractivity contribution is 0.103. The second-order valence-corrected chi connectivity index (χ2v) is 6.41. The number of aryl methyl sites for hydroxylation is 1. The van der Waals surface area contributed by atoms with E-state index >= 15 is 0 Å². The molecule has 4 rings (SSSR count). The standard InChI is InChI=1S/C19H19N3O3/c1-10-15(17(23)13-5-4-6-14(9-13)24-3)11(2)20-16(10)19-22-21-18(25-19)12-7-8-12/h4-6,9,12,20H,7-8H2,1-3H3. The average Bonchev–Trinajstić information content (AvgIpc) is 3.29. The fraction of sp³-hybridized carbons (Fsp3) is 0.316. The van der Waals surface area contributed by atoms with Gasteiger partial charge in [0.15, 0.2) is 5.78 Å². The second kappa shape index (κ2) is 5.88. The van der Waals surface area contributed by atoms with E-state index in [1.54, 1.807) is 19.2 Å². The van der Waals surface area contributed by atoms with Gasteiger partial charge < -0.3 is 14.1 Å². The Bertz CT molecular complexity index is 951. The Labute approximate surface area is 145 Å². The Morgan fingerprint density at radius 3 is 2.80 bits per heavy atom. The molecule has 0 radical (unpaired) electrons. The molecule has 1 saturated carbocycles. The molecule has 2 heterocycles. The lowest BCUT2D eigenvalue weighted by Gasteiger charge is -2.05. The Balaban J connectivity index is 1.72. The molecular weight excluding hydrogens is 318 g/mol. The minimum atomic E-state index is -0.0571. The maximum absolute atomic E-state index is 13.0. The molecule has 1 N–H and O–H groups in total. The SMILES string of the molecule is COc1cccc(C(=O)c2c(C)[nH]c(-c3nnc(C4CC4)o3)c2C)c1. The summed E-state index contributed by atoms with van der Waals surface area (Å²) in [6.45, 7) is 3.77. The molecule has 0 saturated heterocycles. The molecule has 1 aliphatic rings. The number of H-pyrrole nitrogens is 1. The highest BCUT2D eigenvalue weighted by molar-refractivity contribution is 6.11. The molecule has 0 bridgehead atoms. The van der Waals surface area contributed by atoms with Gasteiger partial charge in [0, 0.05) is 22.7 Å². The number of aromatic amines is 1. The molecule has 1 fully saturated rings. The van der Waals surface area contributed by atoms with Crippen LogP contribution in [0.25, 0.3) is 11.6 Å². The van der Waals surface area contributed by atoms with Gasteiger partial charge in [-0.15, -0.1) is 10.2 Å². The summed E-state index contributed by atoms with van der Waals surface area (Å²) in [5, 5.41) is 8.27. The lowest BCUT2D eigenvalue weighted by atomic mass is 9.99. The molecule has 0 unspecified atom stereocenters. The van der Waals surface area contributed by atoms with Crippen molar-refractivity contribution in [1.82, 2.24) is 15.2 Å². The van der Waals surface area contributed by atoms with Gasteiger partial charge in [-0.05, 0) is 44.4 Å². The van der Waals surface area contributed by atoms with Crippen LogP contribution in [0.5, 0.6) is 5.75 Å². The highest BCUT2D eigenvalue weighted by Gasteiger charge is 2.30. The molecule has 6 heteroatoms. The molecule has 0 atom stereocenters. The van der Waals surface area contributed by atoms with E-state index in [0.717, 1.165) is 24.1 Å². The second-order valence-electron chi connectivity index (χ2n) is 6.41. The summed E-state index contributed by atoms with van der Waals surface area (Å²) in [4.78, 5) is 16.2. The summed E-state index contributed by atoms with van der Waals surface area (Å²) >= 11 is 0. The van der Waals surface area contributed by atoms with Crippen molar-refractivity contribution in [3.05, 3.63) is 52.5 Å². The number of benzene rings is 1. The third kappa shape index (κ3) is 2.73. The largest absolute Gasteiger partial charge is 0.497 e. The zero-order valence-electron chi connectivity index (χ0n) is 14.4. The molecular formula is C19H19N3O3. The zero-order valence-corrected chi connectivity index (χ0v) is 14.4. The molecule has 128 valence electrons. The molecule has 0 aliphatic heterocycles. The van der Waals surface area contributed by atoms with Crippen LogP contribution in [0.15, 0.2) is 28.7 Å². The van der Waals surface area contributed by atoms with Crippen LogP contribution in [0.1, 0.15) is 51.8 Å². The van der Waals surface area contributed by atoms with Crippen molar-refractivity contribution in [2.75, 3.05) is 7.11 Å². The molecule has 0 spiro atoms. The number of hydrogen-bond acceptors (Lipinski definition) is 5. The van der Waals surface area contributed by atoms with E-state index in [0.29, 0.717) is 40.3 Å². The number of nitrogens with zero attached hydrogens (tertiary/aromatic N) is 2. The highest BCUT2D eigenvalue weighted by Crippen LogP contribution is 2.40. The number of carbonyl (C=O) groups is 1. The summed E-state index contributed by atoms with van der Waals surface area (Å²) in [7, 11) is 1.58. The summed E-state index contributed by atoms with van der Waals surface area (Å²) < 4.78 is 11.0. The van der Waals surface area contributed by atoms with E-state index in [4.69, 9.17) is 9.15 Å². The van der Waals surface area contributed by atoms with Crippen LogP contribution >= 0.6 is 0 Å².